The van der Waals surface area contributed by atoms with E-state index >= 15 is 0 Å². The molecule has 0 fully saturated rings. The number of aliphatic hydroxyl groups is 1. The number of rotatable bonds is 6. The Morgan fingerprint density at radius 3 is 2.59 bits per heavy atom. The van der Waals surface area contributed by atoms with Gasteiger partial charge in [-0.25, -0.2) is 4.79 Å². The number of nitrogens with zero attached hydrogens (tertiary/aromatic N) is 5. The molecule has 0 aliphatic heterocycles. The second kappa shape index (κ2) is 7.03. The van der Waals surface area contributed by atoms with Crippen LogP contribution in [-0.2, 0) is 20.6 Å². The lowest BCUT2D eigenvalue weighted by molar-refractivity contribution is -0.385. The Morgan fingerprint density at radius 2 is 1.93 bits per heavy atom. The summed E-state index contributed by atoms with van der Waals surface area (Å²) in [5.41, 5.74) is -0.507. The van der Waals surface area contributed by atoms with Gasteiger partial charge >= 0.3 is 5.69 Å². The molecule has 0 radical (unpaired) electrons. The van der Waals surface area contributed by atoms with E-state index in [0.29, 0.717) is 5.56 Å². The third-order valence-electron chi connectivity index (χ3n) is 4.26. The van der Waals surface area contributed by atoms with E-state index < -0.39 is 16.2 Å². The third-order valence-corrected chi connectivity index (χ3v) is 4.26. The Bertz CT molecular complexity index is 1140. The van der Waals surface area contributed by atoms with Gasteiger partial charge < -0.3 is 10.4 Å². The van der Waals surface area contributed by atoms with Gasteiger partial charge in [-0.2, -0.15) is 4.98 Å². The fourth-order valence-corrected chi connectivity index (χ4v) is 2.90. The number of imidazole rings is 1. The molecule has 2 heterocycles. The zero-order chi connectivity index (χ0) is 19.7. The number of hydrogen-bond acceptors (Lipinski definition) is 7. The average Bonchev–Trinajstić information content (AvgIpc) is 3.01. The van der Waals surface area contributed by atoms with Crippen molar-refractivity contribution in [3.05, 3.63) is 60.8 Å². The number of hydrogen-bond donors (Lipinski definition) is 2. The normalized spacial score (nSPS) is 11.1. The number of nitrogens with one attached hydrogen (secondary N) is 1. The summed E-state index contributed by atoms with van der Waals surface area (Å²) in [6, 6.07) is 6.19. The van der Waals surface area contributed by atoms with Crippen molar-refractivity contribution in [2.45, 2.75) is 6.54 Å². The van der Waals surface area contributed by atoms with Gasteiger partial charge in [0.1, 0.15) is 0 Å². The lowest BCUT2D eigenvalue weighted by Crippen LogP contribution is -2.37. The Morgan fingerprint density at radius 1 is 1.22 bits per heavy atom. The van der Waals surface area contributed by atoms with E-state index in [1.165, 1.54) is 29.3 Å². The Balaban J connectivity index is 2.29. The summed E-state index contributed by atoms with van der Waals surface area (Å²) in [5, 5.41) is 23.3. The highest BCUT2D eigenvalue weighted by molar-refractivity contribution is 5.74. The zero-order valence-corrected chi connectivity index (χ0v) is 14.7. The SMILES string of the molecule is Cn1c(=O)c2c(nc(NCCO)n2Cc2ccccc2[N+](=O)[O-])n(C)c1=O. The summed E-state index contributed by atoms with van der Waals surface area (Å²) in [6.07, 6.45) is 0. The van der Waals surface area contributed by atoms with Gasteiger partial charge in [-0.3, -0.25) is 28.6 Å². The molecule has 0 unspecified atom stereocenters. The maximum Gasteiger partial charge on any atom is 0.332 e. The van der Waals surface area contributed by atoms with Gasteiger partial charge in [0.15, 0.2) is 11.2 Å². The van der Waals surface area contributed by atoms with E-state index in [4.69, 9.17) is 5.11 Å². The number of benzene rings is 1. The number of aliphatic hydroxyl groups excluding tert-OH is 1. The molecule has 142 valence electrons. The standard InChI is InChI=1S/C16H18N6O5/c1-19-13-12(14(24)20(2)16(19)25)21(15(18-13)17-7-8-23)9-10-5-3-4-6-11(10)22(26)27/h3-6,23H,7-9H2,1-2H3,(H,17,18). The molecule has 0 amide bonds. The molecule has 0 saturated carbocycles. The number of aryl methyl sites for hydroxylation is 1. The van der Waals surface area contributed by atoms with Gasteiger partial charge in [0.05, 0.1) is 18.1 Å². The third kappa shape index (κ3) is 3.08. The van der Waals surface area contributed by atoms with Gasteiger partial charge in [0, 0.05) is 32.3 Å². The molecule has 2 N–H and O–H groups in total. The maximum absolute atomic E-state index is 12.7. The van der Waals surface area contributed by atoms with Crippen molar-refractivity contribution in [1.29, 1.82) is 0 Å². The summed E-state index contributed by atoms with van der Waals surface area (Å²) < 4.78 is 3.67. The van der Waals surface area contributed by atoms with Crippen LogP contribution in [0.1, 0.15) is 5.56 Å². The topological polar surface area (TPSA) is 137 Å². The zero-order valence-electron chi connectivity index (χ0n) is 14.7. The van der Waals surface area contributed by atoms with Crippen molar-refractivity contribution >= 4 is 22.8 Å². The Hall–Kier alpha value is -3.47. The molecule has 1 aromatic carbocycles. The summed E-state index contributed by atoms with van der Waals surface area (Å²) in [6.45, 7) is -0.0189. The van der Waals surface area contributed by atoms with Crippen LogP contribution in [0.15, 0.2) is 33.9 Å². The molecule has 2 aromatic heterocycles. The van der Waals surface area contributed by atoms with Crippen molar-refractivity contribution in [2.24, 2.45) is 14.1 Å². The average molecular weight is 374 g/mol. The highest BCUT2D eigenvalue weighted by atomic mass is 16.6. The molecule has 3 aromatic rings. The molecule has 0 aliphatic rings. The largest absolute Gasteiger partial charge is 0.395 e. The van der Waals surface area contributed by atoms with Gasteiger partial charge in [0.25, 0.3) is 11.2 Å². The van der Waals surface area contributed by atoms with Crippen LogP contribution in [0.3, 0.4) is 0 Å². The fraction of sp³-hybridized carbons (Fsp3) is 0.312. The molecular formula is C16H18N6O5. The molecular weight excluding hydrogens is 356 g/mol. The predicted octanol–water partition coefficient (Wildman–Crippen LogP) is -0.206. The molecule has 11 nitrogen and oxygen atoms in total. The maximum atomic E-state index is 12.7. The molecule has 0 bridgehead atoms. The predicted molar refractivity (Wildman–Crippen MR) is 98.0 cm³/mol. The molecule has 0 spiro atoms. The monoisotopic (exact) mass is 374 g/mol. The highest BCUT2D eigenvalue weighted by Crippen LogP contribution is 2.23. The van der Waals surface area contributed by atoms with E-state index in [2.05, 4.69) is 10.3 Å². The summed E-state index contributed by atoms with van der Waals surface area (Å²) >= 11 is 0. The number of aromatic nitrogens is 4. The van der Waals surface area contributed by atoms with Crippen LogP contribution in [0, 0.1) is 10.1 Å². The van der Waals surface area contributed by atoms with Crippen LogP contribution in [-0.4, -0.2) is 41.9 Å². The van der Waals surface area contributed by atoms with E-state index in [1.807, 2.05) is 0 Å². The van der Waals surface area contributed by atoms with Crippen molar-refractivity contribution in [3.63, 3.8) is 0 Å². The fourth-order valence-electron chi connectivity index (χ4n) is 2.90. The van der Waals surface area contributed by atoms with Crippen LogP contribution in [0.25, 0.3) is 11.2 Å². The van der Waals surface area contributed by atoms with E-state index in [1.54, 1.807) is 18.2 Å². The van der Waals surface area contributed by atoms with Crippen LogP contribution in [0.2, 0.25) is 0 Å². The minimum Gasteiger partial charge on any atom is -0.395 e. The van der Waals surface area contributed by atoms with Crippen molar-refractivity contribution in [3.8, 4) is 0 Å². The van der Waals surface area contributed by atoms with Crippen LogP contribution < -0.4 is 16.6 Å². The van der Waals surface area contributed by atoms with Crippen LogP contribution in [0.5, 0.6) is 0 Å². The van der Waals surface area contributed by atoms with E-state index in [-0.39, 0.29) is 42.5 Å². The molecule has 0 aliphatic carbocycles. The number of fused-ring (bicyclic) bond motifs is 1. The van der Waals surface area contributed by atoms with Crippen molar-refractivity contribution in [1.82, 2.24) is 18.7 Å². The van der Waals surface area contributed by atoms with E-state index in [0.717, 1.165) is 4.57 Å². The van der Waals surface area contributed by atoms with Gasteiger partial charge in [-0.1, -0.05) is 18.2 Å². The molecule has 3 rings (SSSR count). The number of nitro groups is 1. The minimum absolute atomic E-state index is 0.00510. The first kappa shape index (κ1) is 18.3. The first-order chi connectivity index (χ1) is 12.9. The second-order valence-corrected chi connectivity index (χ2v) is 5.94. The number of nitro benzene ring substituents is 1. The molecule has 0 saturated heterocycles. The van der Waals surface area contributed by atoms with Gasteiger partial charge in [-0.05, 0) is 0 Å². The smallest absolute Gasteiger partial charge is 0.332 e. The Labute approximate surface area is 152 Å². The molecule has 11 heteroatoms. The van der Waals surface area contributed by atoms with Crippen molar-refractivity contribution < 1.29 is 10.0 Å². The van der Waals surface area contributed by atoms with Crippen LogP contribution >= 0.6 is 0 Å². The van der Waals surface area contributed by atoms with Gasteiger partial charge in [0.2, 0.25) is 5.95 Å². The molecule has 0 atom stereocenters. The van der Waals surface area contributed by atoms with E-state index in [9.17, 15) is 19.7 Å². The quantitative estimate of drug-likeness (QED) is 0.450. The summed E-state index contributed by atoms with van der Waals surface area (Å²) in [5.74, 6) is 0.232. The first-order valence-electron chi connectivity index (χ1n) is 8.10. The van der Waals surface area contributed by atoms with Gasteiger partial charge in [-0.15, -0.1) is 0 Å². The first-order valence-corrected chi connectivity index (χ1v) is 8.10. The van der Waals surface area contributed by atoms with Crippen LogP contribution in [0.4, 0.5) is 11.6 Å². The lowest BCUT2D eigenvalue weighted by Gasteiger charge is -2.10. The summed E-state index contributed by atoms with van der Waals surface area (Å²) in [7, 11) is 2.84. The number of anilines is 1. The summed E-state index contributed by atoms with van der Waals surface area (Å²) in [4.78, 5) is 40.0. The number of para-hydroxylation sites is 1. The Kier molecular flexibility index (Phi) is 4.77. The minimum atomic E-state index is -0.559. The van der Waals surface area contributed by atoms with Crippen molar-refractivity contribution in [2.75, 3.05) is 18.5 Å². The highest BCUT2D eigenvalue weighted by Gasteiger charge is 2.21. The lowest BCUT2D eigenvalue weighted by atomic mass is 10.2. The molecule has 27 heavy (non-hydrogen) atoms. The second-order valence-electron chi connectivity index (χ2n) is 5.94.